The molecule has 0 heterocycles. The summed E-state index contributed by atoms with van der Waals surface area (Å²) in [5.74, 6) is -0.407. The molecular formula is C23H26N4O. The van der Waals surface area contributed by atoms with Gasteiger partial charge in [0.1, 0.15) is 0 Å². The lowest BCUT2D eigenvalue weighted by Gasteiger charge is -2.19. The van der Waals surface area contributed by atoms with E-state index in [1.165, 1.54) is 0 Å². The Morgan fingerprint density at radius 3 is 2.11 bits per heavy atom. The third-order valence-corrected chi connectivity index (χ3v) is 4.82. The van der Waals surface area contributed by atoms with Crippen LogP contribution in [0, 0.1) is 0 Å². The van der Waals surface area contributed by atoms with E-state index < -0.39 is 0 Å². The van der Waals surface area contributed by atoms with E-state index >= 15 is 0 Å². The summed E-state index contributed by atoms with van der Waals surface area (Å²) in [4.78, 5) is 12.9. The molecule has 0 bridgehead atoms. The van der Waals surface area contributed by atoms with Gasteiger partial charge in [-0.1, -0.05) is 60.7 Å². The van der Waals surface area contributed by atoms with Gasteiger partial charge in [0.2, 0.25) is 5.91 Å². The van der Waals surface area contributed by atoms with Crippen LogP contribution in [0.4, 0.5) is 11.4 Å². The second-order valence-corrected chi connectivity index (χ2v) is 6.76. The number of hydrogen-bond acceptors (Lipinski definition) is 4. The van der Waals surface area contributed by atoms with E-state index in [2.05, 4.69) is 5.32 Å². The maximum atomic E-state index is 12.9. The fraction of sp³-hybridized carbons (Fsp3) is 0.174. The van der Waals surface area contributed by atoms with Crippen LogP contribution in [0.15, 0.2) is 78.9 Å². The second-order valence-electron chi connectivity index (χ2n) is 6.76. The van der Waals surface area contributed by atoms with Crippen LogP contribution in [0.5, 0.6) is 0 Å². The number of carbonyl (C=O) groups excluding carboxylic acids is 1. The smallest absolute Gasteiger partial charge is 0.231 e. The third kappa shape index (κ3) is 4.57. The van der Waals surface area contributed by atoms with Crippen molar-refractivity contribution < 1.29 is 4.79 Å². The first-order chi connectivity index (χ1) is 13.6. The number of nitrogen functional groups attached to an aromatic ring is 1. The molecule has 3 aromatic carbocycles. The molecule has 5 nitrogen and oxygen atoms in total. The number of nitrogens with one attached hydrogen (secondary N) is 1. The highest BCUT2D eigenvalue weighted by molar-refractivity contribution is 5.96. The van der Waals surface area contributed by atoms with E-state index in [0.717, 1.165) is 16.7 Å². The molecule has 0 aliphatic carbocycles. The lowest BCUT2D eigenvalue weighted by molar-refractivity contribution is -0.117. The molecule has 28 heavy (non-hydrogen) atoms. The average molecular weight is 374 g/mol. The molecule has 3 rings (SSSR count). The van der Waals surface area contributed by atoms with Crippen molar-refractivity contribution in [1.82, 2.24) is 0 Å². The van der Waals surface area contributed by atoms with Gasteiger partial charge in [0, 0.05) is 11.4 Å². The Morgan fingerprint density at radius 2 is 1.50 bits per heavy atom. The molecule has 0 saturated heterocycles. The molecule has 3 aromatic rings. The topological polar surface area (TPSA) is 107 Å². The van der Waals surface area contributed by atoms with Crippen LogP contribution >= 0.6 is 0 Å². The van der Waals surface area contributed by atoms with Crippen LogP contribution in [-0.2, 0) is 4.79 Å². The summed E-state index contributed by atoms with van der Waals surface area (Å²) in [6.07, 6.45) is 0.571. The minimum Gasteiger partial charge on any atom is -0.398 e. The average Bonchev–Trinajstić information content (AvgIpc) is 2.74. The van der Waals surface area contributed by atoms with Gasteiger partial charge in [-0.2, -0.15) is 0 Å². The van der Waals surface area contributed by atoms with Crippen LogP contribution in [-0.4, -0.2) is 12.5 Å². The molecule has 1 unspecified atom stereocenters. The van der Waals surface area contributed by atoms with Crippen molar-refractivity contribution in [3.8, 4) is 0 Å². The van der Waals surface area contributed by atoms with E-state index in [9.17, 15) is 4.79 Å². The van der Waals surface area contributed by atoms with Gasteiger partial charge in [-0.25, -0.2) is 0 Å². The monoisotopic (exact) mass is 374 g/mol. The maximum Gasteiger partial charge on any atom is 0.231 e. The van der Waals surface area contributed by atoms with E-state index in [1.54, 1.807) is 12.1 Å². The Hall–Kier alpha value is -3.15. The number of amides is 1. The summed E-state index contributed by atoms with van der Waals surface area (Å²) >= 11 is 0. The SMILES string of the molecule is NCC[C@@H](C(=O)Nc1ccc(N)c(C(N)c2ccccc2)c1)c1ccccc1. The first kappa shape index (κ1) is 19.6. The van der Waals surface area contributed by atoms with Gasteiger partial charge in [0.15, 0.2) is 0 Å². The molecule has 0 aliphatic rings. The zero-order chi connectivity index (χ0) is 19.9. The molecule has 7 N–H and O–H groups in total. The Kier molecular flexibility index (Phi) is 6.42. The minimum absolute atomic E-state index is 0.0966. The normalized spacial score (nSPS) is 12.9. The van der Waals surface area contributed by atoms with Crippen molar-refractivity contribution in [2.24, 2.45) is 11.5 Å². The maximum absolute atomic E-state index is 12.9. The summed E-state index contributed by atoms with van der Waals surface area (Å²) < 4.78 is 0. The molecule has 0 spiro atoms. The lowest BCUT2D eigenvalue weighted by Crippen LogP contribution is -2.24. The molecule has 2 atom stereocenters. The van der Waals surface area contributed by atoms with E-state index in [1.807, 2.05) is 66.7 Å². The Bertz CT molecular complexity index is 912. The zero-order valence-corrected chi connectivity index (χ0v) is 15.7. The number of nitrogens with two attached hydrogens (primary N) is 3. The second kappa shape index (κ2) is 9.17. The van der Waals surface area contributed by atoms with Crippen LogP contribution in [0.25, 0.3) is 0 Å². The summed E-state index contributed by atoms with van der Waals surface area (Å²) in [5.41, 5.74) is 22.2. The highest BCUT2D eigenvalue weighted by atomic mass is 16.1. The molecule has 1 amide bonds. The van der Waals surface area contributed by atoms with Crippen LogP contribution in [0.2, 0.25) is 0 Å². The fourth-order valence-corrected chi connectivity index (χ4v) is 3.29. The van der Waals surface area contributed by atoms with Crippen molar-refractivity contribution in [3.63, 3.8) is 0 Å². The molecule has 144 valence electrons. The summed E-state index contributed by atoms with van der Waals surface area (Å²) in [6.45, 7) is 0.429. The summed E-state index contributed by atoms with van der Waals surface area (Å²) in [5, 5.41) is 2.99. The number of hydrogen-bond donors (Lipinski definition) is 4. The van der Waals surface area contributed by atoms with Gasteiger partial charge in [-0.15, -0.1) is 0 Å². The number of benzene rings is 3. The molecule has 5 heteroatoms. The van der Waals surface area contributed by atoms with Gasteiger partial charge in [-0.05, 0) is 47.9 Å². The fourth-order valence-electron chi connectivity index (χ4n) is 3.29. The molecule has 0 aliphatic heterocycles. The summed E-state index contributed by atoms with van der Waals surface area (Å²) in [7, 11) is 0. The molecule has 0 radical (unpaired) electrons. The molecule has 0 saturated carbocycles. The van der Waals surface area contributed by atoms with Crippen LogP contribution < -0.4 is 22.5 Å². The van der Waals surface area contributed by atoms with Crippen molar-refractivity contribution >= 4 is 17.3 Å². The predicted molar refractivity (Wildman–Crippen MR) is 115 cm³/mol. The Balaban J connectivity index is 1.83. The number of carbonyl (C=O) groups is 1. The van der Waals surface area contributed by atoms with E-state index in [-0.39, 0.29) is 17.9 Å². The van der Waals surface area contributed by atoms with Gasteiger partial charge in [-0.3, -0.25) is 4.79 Å². The van der Waals surface area contributed by atoms with Crippen molar-refractivity contribution in [1.29, 1.82) is 0 Å². The van der Waals surface area contributed by atoms with Gasteiger partial charge in [0.25, 0.3) is 0 Å². The van der Waals surface area contributed by atoms with E-state index in [4.69, 9.17) is 17.2 Å². The number of rotatable bonds is 7. The highest BCUT2D eigenvalue weighted by Crippen LogP contribution is 2.28. The standard InChI is InChI=1S/C23H26N4O/c24-14-13-19(16-7-3-1-4-8-16)23(28)27-18-11-12-21(25)20(15-18)22(26)17-9-5-2-6-10-17/h1-12,15,19,22H,13-14,24-26H2,(H,27,28)/t19-,22?/m1/s1. The first-order valence-electron chi connectivity index (χ1n) is 9.36. The largest absolute Gasteiger partial charge is 0.398 e. The predicted octanol–water partition coefficient (Wildman–Crippen LogP) is 3.39. The molecule has 0 aromatic heterocycles. The van der Waals surface area contributed by atoms with E-state index in [0.29, 0.717) is 24.3 Å². The van der Waals surface area contributed by atoms with Gasteiger partial charge in [0.05, 0.1) is 12.0 Å². The molecular weight excluding hydrogens is 348 g/mol. The van der Waals surface area contributed by atoms with Crippen molar-refractivity contribution in [3.05, 3.63) is 95.6 Å². The Morgan fingerprint density at radius 1 is 0.893 bits per heavy atom. The Labute approximate surface area is 165 Å². The van der Waals surface area contributed by atoms with Crippen molar-refractivity contribution in [2.45, 2.75) is 18.4 Å². The van der Waals surface area contributed by atoms with Crippen molar-refractivity contribution in [2.75, 3.05) is 17.6 Å². The zero-order valence-electron chi connectivity index (χ0n) is 15.7. The van der Waals surface area contributed by atoms with Gasteiger partial charge < -0.3 is 22.5 Å². The van der Waals surface area contributed by atoms with Crippen LogP contribution in [0.1, 0.15) is 35.1 Å². The highest BCUT2D eigenvalue weighted by Gasteiger charge is 2.20. The molecule has 0 fully saturated rings. The number of anilines is 2. The lowest BCUT2D eigenvalue weighted by atomic mass is 9.94. The quantitative estimate of drug-likeness (QED) is 0.476. The summed E-state index contributed by atoms with van der Waals surface area (Å²) in [6, 6.07) is 24.4. The van der Waals surface area contributed by atoms with Crippen LogP contribution in [0.3, 0.4) is 0 Å². The first-order valence-corrected chi connectivity index (χ1v) is 9.36. The van der Waals surface area contributed by atoms with Gasteiger partial charge >= 0.3 is 0 Å². The minimum atomic E-state index is -0.369. The third-order valence-electron chi connectivity index (χ3n) is 4.82.